The molecule has 0 saturated carbocycles. The molecule has 0 saturated heterocycles. The van der Waals surface area contributed by atoms with Crippen LogP contribution < -0.4 is 4.74 Å². The third-order valence-electron chi connectivity index (χ3n) is 3.21. The number of aromatic carboxylic acids is 1. The molecule has 0 spiro atoms. The van der Waals surface area contributed by atoms with Gasteiger partial charge in [0.25, 0.3) is 0 Å². The lowest BCUT2D eigenvalue weighted by Gasteiger charge is -2.14. The molecule has 1 N–H and O–H groups in total. The number of rotatable bonds is 6. The maximum absolute atomic E-state index is 10.7. The van der Waals surface area contributed by atoms with E-state index >= 15 is 0 Å². The van der Waals surface area contributed by atoms with E-state index in [4.69, 9.17) is 14.4 Å². The maximum atomic E-state index is 10.7. The lowest BCUT2D eigenvalue weighted by Crippen LogP contribution is -2.00. The highest BCUT2D eigenvalue weighted by Gasteiger charge is 2.13. The molecule has 2 aromatic rings. The number of carboxylic acids is 1. The van der Waals surface area contributed by atoms with Crippen molar-refractivity contribution in [3.05, 3.63) is 47.3 Å². The average molecular weight is 275 g/mol. The molecule has 5 heteroatoms. The number of hydrogen-bond acceptors (Lipinski definition) is 4. The summed E-state index contributed by atoms with van der Waals surface area (Å²) < 4.78 is 10.6. The fourth-order valence-electron chi connectivity index (χ4n) is 1.87. The van der Waals surface area contributed by atoms with E-state index in [1.54, 1.807) is 0 Å². The van der Waals surface area contributed by atoms with Gasteiger partial charge in [0.15, 0.2) is 11.5 Å². The summed E-state index contributed by atoms with van der Waals surface area (Å²) in [6.07, 6.45) is 1.02. The molecule has 0 aliphatic rings. The first-order valence-electron chi connectivity index (χ1n) is 6.52. The predicted octanol–water partition coefficient (Wildman–Crippen LogP) is 3.47. The molecule has 106 valence electrons. The lowest BCUT2D eigenvalue weighted by atomic mass is 9.98. The van der Waals surface area contributed by atoms with Crippen LogP contribution in [0.5, 0.6) is 5.75 Å². The number of carboxylic acid groups (broad SMARTS) is 1. The molecule has 5 nitrogen and oxygen atoms in total. The summed E-state index contributed by atoms with van der Waals surface area (Å²) in [5, 5.41) is 12.2. The van der Waals surface area contributed by atoms with E-state index in [9.17, 15) is 4.79 Å². The summed E-state index contributed by atoms with van der Waals surface area (Å²) in [5.41, 5.74) is 1.02. The van der Waals surface area contributed by atoms with Crippen molar-refractivity contribution >= 4 is 5.97 Å². The zero-order valence-electron chi connectivity index (χ0n) is 11.5. The Balaban J connectivity index is 2.08. The van der Waals surface area contributed by atoms with Crippen LogP contribution in [0, 0.1) is 0 Å². The standard InChI is InChI=1S/C15H17NO4/c1-3-10(2)12-6-4-5-7-14(12)19-9-11-8-13(15(17)18)16-20-11/h4-8,10H,3,9H2,1-2H3,(H,17,18). The molecule has 20 heavy (non-hydrogen) atoms. The van der Waals surface area contributed by atoms with E-state index in [2.05, 4.69) is 19.0 Å². The minimum Gasteiger partial charge on any atom is -0.485 e. The van der Waals surface area contributed by atoms with Gasteiger partial charge in [0.05, 0.1) is 0 Å². The van der Waals surface area contributed by atoms with Crippen LogP contribution in [0.4, 0.5) is 0 Å². The fourth-order valence-corrected chi connectivity index (χ4v) is 1.87. The molecule has 1 aromatic carbocycles. The van der Waals surface area contributed by atoms with E-state index in [1.807, 2.05) is 24.3 Å². The van der Waals surface area contributed by atoms with E-state index < -0.39 is 5.97 Å². The zero-order valence-corrected chi connectivity index (χ0v) is 11.5. The summed E-state index contributed by atoms with van der Waals surface area (Å²) in [7, 11) is 0. The number of ether oxygens (including phenoxy) is 1. The molecular weight excluding hydrogens is 258 g/mol. The maximum Gasteiger partial charge on any atom is 0.358 e. The van der Waals surface area contributed by atoms with E-state index in [1.165, 1.54) is 6.07 Å². The van der Waals surface area contributed by atoms with E-state index in [0.29, 0.717) is 11.7 Å². The molecule has 0 aliphatic heterocycles. The molecule has 0 amide bonds. The molecule has 1 atom stereocenters. The first-order valence-corrected chi connectivity index (χ1v) is 6.52. The molecule has 1 unspecified atom stereocenters. The summed E-state index contributed by atoms with van der Waals surface area (Å²) in [6, 6.07) is 9.19. The number of nitrogens with zero attached hydrogens (tertiary/aromatic N) is 1. The zero-order chi connectivity index (χ0) is 14.5. The van der Waals surface area contributed by atoms with Crippen LogP contribution >= 0.6 is 0 Å². The van der Waals surface area contributed by atoms with Crippen molar-refractivity contribution in [2.24, 2.45) is 0 Å². The third-order valence-corrected chi connectivity index (χ3v) is 3.21. The Hall–Kier alpha value is -2.30. The lowest BCUT2D eigenvalue weighted by molar-refractivity contribution is 0.0685. The van der Waals surface area contributed by atoms with Crippen molar-refractivity contribution in [1.29, 1.82) is 0 Å². The highest BCUT2D eigenvalue weighted by atomic mass is 16.5. The van der Waals surface area contributed by atoms with Crippen molar-refractivity contribution in [1.82, 2.24) is 5.16 Å². The Kier molecular flexibility index (Phi) is 4.40. The topological polar surface area (TPSA) is 72.6 Å². The number of aromatic nitrogens is 1. The number of hydrogen-bond donors (Lipinski definition) is 1. The van der Waals surface area contributed by atoms with Crippen molar-refractivity contribution in [3.63, 3.8) is 0 Å². The minimum absolute atomic E-state index is 0.112. The van der Waals surface area contributed by atoms with Crippen LogP contribution in [0.25, 0.3) is 0 Å². The summed E-state index contributed by atoms with van der Waals surface area (Å²) in [4.78, 5) is 10.7. The van der Waals surface area contributed by atoms with Crippen LogP contribution in [0.2, 0.25) is 0 Å². The Labute approximate surface area is 117 Å². The predicted molar refractivity (Wildman–Crippen MR) is 72.9 cm³/mol. The highest BCUT2D eigenvalue weighted by Crippen LogP contribution is 2.28. The van der Waals surface area contributed by atoms with Crippen LogP contribution in [0.15, 0.2) is 34.9 Å². The first-order chi connectivity index (χ1) is 9.61. The number of carbonyl (C=O) groups is 1. The Bertz CT molecular complexity index is 591. The van der Waals surface area contributed by atoms with Gasteiger partial charge in [0, 0.05) is 6.07 Å². The van der Waals surface area contributed by atoms with Gasteiger partial charge in [-0.15, -0.1) is 0 Å². The van der Waals surface area contributed by atoms with Gasteiger partial charge < -0.3 is 14.4 Å². The minimum atomic E-state index is -1.11. The third kappa shape index (κ3) is 3.17. The van der Waals surface area contributed by atoms with Crippen LogP contribution in [0.1, 0.15) is 48.0 Å². The first kappa shape index (κ1) is 14.1. The number of benzene rings is 1. The van der Waals surface area contributed by atoms with Crippen molar-refractivity contribution < 1.29 is 19.2 Å². The van der Waals surface area contributed by atoms with Gasteiger partial charge in [-0.25, -0.2) is 4.79 Å². The van der Waals surface area contributed by atoms with Gasteiger partial charge in [-0.3, -0.25) is 0 Å². The molecule has 1 heterocycles. The van der Waals surface area contributed by atoms with Gasteiger partial charge in [-0.1, -0.05) is 37.2 Å². The van der Waals surface area contributed by atoms with Gasteiger partial charge in [-0.05, 0) is 24.0 Å². The van der Waals surface area contributed by atoms with Gasteiger partial charge in [0.1, 0.15) is 12.4 Å². The van der Waals surface area contributed by atoms with Crippen molar-refractivity contribution in [2.75, 3.05) is 0 Å². The second-order valence-corrected chi connectivity index (χ2v) is 4.62. The Morgan fingerprint density at radius 3 is 2.85 bits per heavy atom. The quantitative estimate of drug-likeness (QED) is 0.873. The molecule has 0 aliphatic carbocycles. The van der Waals surface area contributed by atoms with E-state index in [0.717, 1.165) is 17.7 Å². The van der Waals surface area contributed by atoms with Gasteiger partial charge in [0.2, 0.25) is 0 Å². The molecule has 2 rings (SSSR count). The smallest absolute Gasteiger partial charge is 0.358 e. The highest BCUT2D eigenvalue weighted by molar-refractivity contribution is 5.85. The largest absolute Gasteiger partial charge is 0.485 e. The fraction of sp³-hybridized carbons (Fsp3) is 0.333. The monoisotopic (exact) mass is 275 g/mol. The summed E-state index contributed by atoms with van der Waals surface area (Å²) in [5.74, 6) is 0.465. The molecule has 0 bridgehead atoms. The Morgan fingerprint density at radius 2 is 2.20 bits per heavy atom. The van der Waals surface area contributed by atoms with Crippen LogP contribution in [-0.4, -0.2) is 16.2 Å². The van der Waals surface area contributed by atoms with Crippen molar-refractivity contribution in [3.8, 4) is 5.75 Å². The molecular formula is C15H17NO4. The SMILES string of the molecule is CCC(C)c1ccccc1OCc1cc(C(=O)O)no1. The Morgan fingerprint density at radius 1 is 1.45 bits per heavy atom. The average Bonchev–Trinajstić information content (AvgIpc) is 2.93. The van der Waals surface area contributed by atoms with Crippen LogP contribution in [-0.2, 0) is 6.61 Å². The van der Waals surface area contributed by atoms with Crippen molar-refractivity contribution in [2.45, 2.75) is 32.8 Å². The van der Waals surface area contributed by atoms with Gasteiger partial charge >= 0.3 is 5.97 Å². The summed E-state index contributed by atoms with van der Waals surface area (Å²) in [6.45, 7) is 4.42. The molecule has 0 fully saturated rings. The number of para-hydroxylation sites is 1. The van der Waals surface area contributed by atoms with E-state index in [-0.39, 0.29) is 12.3 Å². The normalized spacial score (nSPS) is 12.1. The van der Waals surface area contributed by atoms with Crippen LogP contribution in [0.3, 0.4) is 0 Å². The summed E-state index contributed by atoms with van der Waals surface area (Å²) >= 11 is 0. The molecule has 0 radical (unpaired) electrons. The molecule has 1 aromatic heterocycles. The van der Waals surface area contributed by atoms with Gasteiger partial charge in [-0.2, -0.15) is 0 Å². The second kappa shape index (κ2) is 6.23. The second-order valence-electron chi connectivity index (χ2n) is 4.62.